The zero-order valence-corrected chi connectivity index (χ0v) is 11.9. The average Bonchev–Trinajstić information content (AvgIpc) is 2.84. The zero-order valence-electron chi connectivity index (χ0n) is 11.9. The van der Waals surface area contributed by atoms with Crippen LogP contribution in [0.25, 0.3) is 0 Å². The van der Waals surface area contributed by atoms with Crippen LogP contribution in [0.3, 0.4) is 0 Å². The van der Waals surface area contributed by atoms with Crippen molar-refractivity contribution in [1.29, 1.82) is 0 Å². The number of aromatic nitrogens is 1. The van der Waals surface area contributed by atoms with E-state index in [-0.39, 0.29) is 12.8 Å². The van der Waals surface area contributed by atoms with Crippen LogP contribution in [0.15, 0.2) is 0 Å². The number of carbonyl (C=O) groups is 2. The van der Waals surface area contributed by atoms with E-state index < -0.39 is 17.4 Å². The molecule has 0 bridgehead atoms. The van der Waals surface area contributed by atoms with Crippen molar-refractivity contribution in [2.24, 2.45) is 5.41 Å². The maximum atomic E-state index is 12.0. The van der Waals surface area contributed by atoms with Crippen LogP contribution in [-0.4, -0.2) is 36.2 Å². The molecule has 1 heterocycles. The fourth-order valence-electron chi connectivity index (χ4n) is 2.79. The molecular weight excluding hydrogens is 262 g/mol. The Labute approximate surface area is 116 Å². The van der Waals surface area contributed by atoms with Gasteiger partial charge in [-0.2, -0.15) is 0 Å². The summed E-state index contributed by atoms with van der Waals surface area (Å²) in [7, 11) is 2.72. The van der Waals surface area contributed by atoms with Crippen molar-refractivity contribution >= 4 is 11.9 Å². The summed E-state index contributed by atoms with van der Waals surface area (Å²) in [5.41, 5.74) is 1.54. The number of ether oxygens (including phenoxy) is 2. The van der Waals surface area contributed by atoms with Gasteiger partial charge in [0.05, 0.1) is 14.2 Å². The summed E-state index contributed by atoms with van der Waals surface area (Å²) in [5.74, 6) is -1.43. The van der Waals surface area contributed by atoms with Crippen LogP contribution in [0.5, 0.6) is 5.88 Å². The second kappa shape index (κ2) is 4.77. The van der Waals surface area contributed by atoms with E-state index in [0.717, 1.165) is 16.7 Å². The molecule has 20 heavy (non-hydrogen) atoms. The lowest BCUT2D eigenvalue weighted by Gasteiger charge is -2.20. The molecule has 108 valence electrons. The number of carboxylic acids is 1. The standard InChI is InChI=1S/C14H17NO5/c1-7-9-5-14(12(16)17,13(18)20-4)6-10(9)8(2)15-11(7)19-3/h5-6H2,1-4H3,(H,16,17). The first-order valence-corrected chi connectivity index (χ1v) is 6.22. The lowest BCUT2D eigenvalue weighted by Crippen LogP contribution is -2.41. The monoisotopic (exact) mass is 279 g/mol. The third-order valence-corrected chi connectivity index (χ3v) is 3.98. The van der Waals surface area contributed by atoms with E-state index in [4.69, 9.17) is 9.47 Å². The first-order chi connectivity index (χ1) is 9.37. The first-order valence-electron chi connectivity index (χ1n) is 6.22. The quantitative estimate of drug-likeness (QED) is 0.657. The highest BCUT2D eigenvalue weighted by Gasteiger charge is 2.53. The van der Waals surface area contributed by atoms with E-state index in [2.05, 4.69) is 4.98 Å². The molecule has 0 fully saturated rings. The van der Waals surface area contributed by atoms with Gasteiger partial charge in [0.25, 0.3) is 0 Å². The van der Waals surface area contributed by atoms with Crippen LogP contribution >= 0.6 is 0 Å². The van der Waals surface area contributed by atoms with E-state index in [1.165, 1.54) is 14.2 Å². The molecule has 0 radical (unpaired) electrons. The van der Waals surface area contributed by atoms with E-state index in [1.807, 2.05) is 6.92 Å². The molecule has 1 N–H and O–H groups in total. The molecule has 1 atom stereocenters. The molecule has 0 saturated carbocycles. The van der Waals surface area contributed by atoms with Crippen LogP contribution in [0, 0.1) is 19.3 Å². The van der Waals surface area contributed by atoms with Crippen molar-refractivity contribution in [2.75, 3.05) is 14.2 Å². The summed E-state index contributed by atoms with van der Waals surface area (Å²) < 4.78 is 9.89. The molecule has 0 spiro atoms. The van der Waals surface area contributed by atoms with Gasteiger partial charge in [-0.3, -0.25) is 9.59 Å². The number of pyridine rings is 1. The molecule has 0 saturated heterocycles. The summed E-state index contributed by atoms with van der Waals surface area (Å²) in [4.78, 5) is 27.9. The maximum absolute atomic E-state index is 12.0. The number of hydrogen-bond donors (Lipinski definition) is 1. The molecule has 1 aromatic rings. The molecular formula is C14H17NO5. The minimum absolute atomic E-state index is 0.105. The summed E-state index contributed by atoms with van der Waals surface area (Å²) in [6.07, 6.45) is 0.212. The van der Waals surface area contributed by atoms with Crippen LogP contribution in [0.4, 0.5) is 0 Å². The number of aliphatic carboxylic acids is 1. The second-order valence-electron chi connectivity index (χ2n) is 5.02. The Morgan fingerprint density at radius 2 is 1.80 bits per heavy atom. The van der Waals surface area contributed by atoms with Crippen molar-refractivity contribution in [1.82, 2.24) is 4.98 Å². The Hall–Kier alpha value is -2.11. The summed E-state index contributed by atoms with van der Waals surface area (Å²) in [5, 5.41) is 9.49. The number of aryl methyl sites for hydroxylation is 1. The van der Waals surface area contributed by atoms with Gasteiger partial charge in [0, 0.05) is 24.1 Å². The van der Waals surface area contributed by atoms with Crippen molar-refractivity contribution in [3.8, 4) is 5.88 Å². The number of esters is 1. The summed E-state index contributed by atoms with van der Waals surface area (Å²) >= 11 is 0. The molecule has 0 aliphatic heterocycles. The number of fused-ring (bicyclic) bond motifs is 1. The lowest BCUT2D eigenvalue weighted by atomic mass is 9.84. The Balaban J connectivity index is 2.59. The summed E-state index contributed by atoms with van der Waals surface area (Å²) in [6, 6.07) is 0. The summed E-state index contributed by atoms with van der Waals surface area (Å²) in [6.45, 7) is 3.61. The van der Waals surface area contributed by atoms with Gasteiger partial charge < -0.3 is 14.6 Å². The largest absolute Gasteiger partial charge is 0.481 e. The van der Waals surface area contributed by atoms with Crippen molar-refractivity contribution in [3.05, 3.63) is 22.4 Å². The first kappa shape index (κ1) is 14.3. The van der Waals surface area contributed by atoms with E-state index >= 15 is 0 Å². The molecule has 6 heteroatoms. The predicted octanol–water partition coefficient (Wildman–Crippen LogP) is 1.05. The van der Waals surface area contributed by atoms with Crippen LogP contribution in [-0.2, 0) is 27.2 Å². The smallest absolute Gasteiger partial charge is 0.323 e. The molecule has 1 aliphatic carbocycles. The topological polar surface area (TPSA) is 85.7 Å². The van der Waals surface area contributed by atoms with Gasteiger partial charge in [0.15, 0.2) is 5.41 Å². The van der Waals surface area contributed by atoms with Gasteiger partial charge in [0.1, 0.15) is 0 Å². The Morgan fingerprint density at radius 1 is 1.20 bits per heavy atom. The highest BCUT2D eigenvalue weighted by molar-refractivity contribution is 6.00. The number of hydrogen-bond acceptors (Lipinski definition) is 5. The molecule has 1 aliphatic rings. The van der Waals surface area contributed by atoms with Gasteiger partial charge in [0.2, 0.25) is 5.88 Å². The van der Waals surface area contributed by atoms with E-state index in [1.54, 1.807) is 6.92 Å². The number of nitrogens with zero attached hydrogens (tertiary/aromatic N) is 1. The van der Waals surface area contributed by atoms with Crippen LogP contribution in [0.1, 0.15) is 22.4 Å². The van der Waals surface area contributed by atoms with E-state index in [9.17, 15) is 14.7 Å². The number of methoxy groups -OCH3 is 2. The maximum Gasteiger partial charge on any atom is 0.323 e. The predicted molar refractivity (Wildman–Crippen MR) is 69.8 cm³/mol. The Bertz CT molecular complexity index is 596. The highest BCUT2D eigenvalue weighted by atomic mass is 16.5. The minimum Gasteiger partial charge on any atom is -0.481 e. The highest BCUT2D eigenvalue weighted by Crippen LogP contribution is 2.42. The molecule has 2 rings (SSSR count). The fourth-order valence-corrected chi connectivity index (χ4v) is 2.79. The number of carbonyl (C=O) groups excluding carboxylic acids is 1. The zero-order chi connectivity index (χ0) is 15.1. The number of carboxylic acid groups (broad SMARTS) is 1. The SMILES string of the molecule is COC(=O)C1(C(=O)O)Cc2c(C)nc(OC)c(C)c2C1. The van der Waals surface area contributed by atoms with Gasteiger partial charge in [-0.1, -0.05) is 0 Å². The van der Waals surface area contributed by atoms with Gasteiger partial charge in [-0.05, 0) is 25.0 Å². The second-order valence-corrected chi connectivity index (χ2v) is 5.02. The fraction of sp³-hybridized carbons (Fsp3) is 0.500. The van der Waals surface area contributed by atoms with E-state index in [0.29, 0.717) is 11.6 Å². The third kappa shape index (κ3) is 1.83. The molecule has 0 amide bonds. The van der Waals surface area contributed by atoms with Crippen molar-refractivity contribution in [3.63, 3.8) is 0 Å². The average molecular weight is 279 g/mol. The van der Waals surface area contributed by atoms with Crippen molar-refractivity contribution in [2.45, 2.75) is 26.7 Å². The normalized spacial score (nSPS) is 20.4. The van der Waals surface area contributed by atoms with Crippen LogP contribution < -0.4 is 4.74 Å². The molecule has 6 nitrogen and oxygen atoms in total. The van der Waals surface area contributed by atoms with Gasteiger partial charge >= 0.3 is 11.9 Å². The van der Waals surface area contributed by atoms with Gasteiger partial charge in [-0.25, -0.2) is 4.98 Å². The molecule has 1 unspecified atom stereocenters. The Kier molecular flexibility index (Phi) is 3.41. The number of rotatable bonds is 3. The van der Waals surface area contributed by atoms with Gasteiger partial charge in [-0.15, -0.1) is 0 Å². The van der Waals surface area contributed by atoms with Crippen molar-refractivity contribution < 1.29 is 24.2 Å². The third-order valence-electron chi connectivity index (χ3n) is 3.98. The minimum atomic E-state index is -1.55. The van der Waals surface area contributed by atoms with Crippen LogP contribution in [0.2, 0.25) is 0 Å². The molecule has 0 aromatic carbocycles. The lowest BCUT2D eigenvalue weighted by molar-refractivity contribution is -0.166. The molecule has 1 aromatic heterocycles. The Morgan fingerprint density at radius 3 is 2.30 bits per heavy atom.